The van der Waals surface area contributed by atoms with E-state index in [-0.39, 0.29) is 5.91 Å². The van der Waals surface area contributed by atoms with Crippen molar-refractivity contribution in [2.24, 2.45) is 0 Å². The second-order valence-electron chi connectivity index (χ2n) is 4.60. The number of aryl methyl sites for hydroxylation is 2. The lowest BCUT2D eigenvalue weighted by Crippen LogP contribution is -2.14. The number of halogens is 2. The standard InChI is InChI=1S/C15H14BrClN2O/c1-8-5-13(18)14(6-9(8)2)19-15(20)11-4-3-10(16)7-12(11)17/h3-7H,18H2,1-2H3,(H,19,20). The highest BCUT2D eigenvalue weighted by Crippen LogP contribution is 2.26. The van der Waals surface area contributed by atoms with Crippen LogP contribution in [0.2, 0.25) is 5.02 Å². The van der Waals surface area contributed by atoms with Crippen LogP contribution in [0.1, 0.15) is 21.5 Å². The number of hydrogen-bond acceptors (Lipinski definition) is 2. The van der Waals surface area contributed by atoms with Gasteiger partial charge in [0.15, 0.2) is 0 Å². The van der Waals surface area contributed by atoms with Gasteiger partial charge in [0.25, 0.3) is 5.91 Å². The third kappa shape index (κ3) is 3.14. The minimum atomic E-state index is -0.280. The number of anilines is 2. The molecule has 0 bridgehead atoms. The lowest BCUT2D eigenvalue weighted by atomic mass is 10.1. The Bertz CT molecular complexity index is 686. The topological polar surface area (TPSA) is 55.1 Å². The maximum atomic E-state index is 12.2. The van der Waals surface area contributed by atoms with Gasteiger partial charge in [0.1, 0.15) is 0 Å². The highest BCUT2D eigenvalue weighted by molar-refractivity contribution is 9.10. The van der Waals surface area contributed by atoms with Crippen LogP contribution in [0.4, 0.5) is 11.4 Å². The summed E-state index contributed by atoms with van der Waals surface area (Å²) in [6.07, 6.45) is 0. The summed E-state index contributed by atoms with van der Waals surface area (Å²) < 4.78 is 0.824. The number of carbonyl (C=O) groups excluding carboxylic acids is 1. The predicted molar refractivity (Wildman–Crippen MR) is 87.4 cm³/mol. The zero-order valence-electron chi connectivity index (χ0n) is 11.1. The van der Waals surface area contributed by atoms with Crippen LogP contribution in [0.3, 0.4) is 0 Å². The van der Waals surface area contributed by atoms with Gasteiger partial charge in [-0.3, -0.25) is 4.79 Å². The summed E-state index contributed by atoms with van der Waals surface area (Å²) in [5.41, 5.74) is 9.62. The summed E-state index contributed by atoms with van der Waals surface area (Å²) in [6, 6.07) is 8.81. The molecule has 3 nitrogen and oxygen atoms in total. The number of rotatable bonds is 2. The summed E-state index contributed by atoms with van der Waals surface area (Å²) in [4.78, 5) is 12.2. The Balaban J connectivity index is 2.30. The van der Waals surface area contributed by atoms with Crippen molar-refractivity contribution in [3.8, 4) is 0 Å². The fraction of sp³-hybridized carbons (Fsp3) is 0.133. The molecule has 1 amide bonds. The first-order chi connectivity index (χ1) is 9.38. The second kappa shape index (κ2) is 5.85. The fourth-order valence-electron chi connectivity index (χ4n) is 1.81. The highest BCUT2D eigenvalue weighted by atomic mass is 79.9. The third-order valence-corrected chi connectivity index (χ3v) is 3.90. The Kier molecular flexibility index (Phi) is 4.35. The lowest BCUT2D eigenvalue weighted by Gasteiger charge is -2.12. The SMILES string of the molecule is Cc1cc(N)c(NC(=O)c2ccc(Br)cc2Cl)cc1C. The van der Waals surface area contributed by atoms with E-state index in [2.05, 4.69) is 21.2 Å². The summed E-state index contributed by atoms with van der Waals surface area (Å²) in [5, 5.41) is 3.18. The van der Waals surface area contributed by atoms with E-state index >= 15 is 0 Å². The molecular weight excluding hydrogens is 340 g/mol. The van der Waals surface area contributed by atoms with Gasteiger partial charge in [0.2, 0.25) is 0 Å². The molecule has 0 aromatic heterocycles. The largest absolute Gasteiger partial charge is 0.397 e. The number of hydrogen-bond donors (Lipinski definition) is 2. The Morgan fingerprint density at radius 1 is 1.20 bits per heavy atom. The van der Waals surface area contributed by atoms with Crippen molar-refractivity contribution in [2.75, 3.05) is 11.1 Å². The van der Waals surface area contributed by atoms with E-state index in [1.54, 1.807) is 18.2 Å². The molecule has 3 N–H and O–H groups in total. The van der Waals surface area contributed by atoms with Gasteiger partial charge in [-0.2, -0.15) is 0 Å². The van der Waals surface area contributed by atoms with Gasteiger partial charge in [-0.25, -0.2) is 0 Å². The van der Waals surface area contributed by atoms with Gasteiger partial charge in [-0.15, -0.1) is 0 Å². The molecule has 0 atom stereocenters. The van der Waals surface area contributed by atoms with Crippen molar-refractivity contribution in [3.63, 3.8) is 0 Å². The van der Waals surface area contributed by atoms with Crippen molar-refractivity contribution < 1.29 is 4.79 Å². The van der Waals surface area contributed by atoms with Gasteiger partial charge < -0.3 is 11.1 Å². The molecule has 2 rings (SSSR count). The van der Waals surface area contributed by atoms with Gasteiger partial charge >= 0.3 is 0 Å². The molecule has 0 saturated carbocycles. The number of nitrogens with one attached hydrogen (secondary N) is 1. The van der Waals surface area contributed by atoms with Crippen LogP contribution in [0, 0.1) is 13.8 Å². The van der Waals surface area contributed by atoms with E-state index in [1.807, 2.05) is 26.0 Å². The smallest absolute Gasteiger partial charge is 0.257 e. The van der Waals surface area contributed by atoms with Crippen molar-refractivity contribution in [3.05, 3.63) is 56.5 Å². The maximum absolute atomic E-state index is 12.2. The second-order valence-corrected chi connectivity index (χ2v) is 5.92. The molecule has 0 fully saturated rings. The molecular formula is C15H14BrClN2O. The molecule has 2 aromatic carbocycles. The first-order valence-corrected chi connectivity index (χ1v) is 7.18. The summed E-state index contributed by atoms with van der Waals surface area (Å²) >= 11 is 9.37. The number of benzene rings is 2. The minimum Gasteiger partial charge on any atom is -0.397 e. The monoisotopic (exact) mass is 352 g/mol. The average molecular weight is 354 g/mol. The molecule has 0 aliphatic heterocycles. The van der Waals surface area contributed by atoms with Crippen molar-refractivity contribution >= 4 is 44.8 Å². The number of amides is 1. The average Bonchev–Trinajstić information content (AvgIpc) is 2.35. The summed E-state index contributed by atoms with van der Waals surface area (Å²) in [7, 11) is 0. The van der Waals surface area contributed by atoms with Gasteiger partial charge in [-0.1, -0.05) is 27.5 Å². The van der Waals surface area contributed by atoms with E-state index < -0.39 is 0 Å². The van der Waals surface area contributed by atoms with E-state index in [9.17, 15) is 4.79 Å². The van der Waals surface area contributed by atoms with Crippen molar-refractivity contribution in [1.82, 2.24) is 0 Å². The third-order valence-electron chi connectivity index (χ3n) is 3.09. The molecule has 0 unspecified atom stereocenters. The Labute approximate surface area is 131 Å². The lowest BCUT2D eigenvalue weighted by molar-refractivity contribution is 0.102. The highest BCUT2D eigenvalue weighted by Gasteiger charge is 2.12. The van der Waals surface area contributed by atoms with Crippen LogP contribution in [-0.2, 0) is 0 Å². The number of nitrogens with two attached hydrogens (primary N) is 1. The van der Waals surface area contributed by atoms with Crippen molar-refractivity contribution in [2.45, 2.75) is 13.8 Å². The first kappa shape index (κ1) is 14.9. The Morgan fingerprint density at radius 2 is 1.85 bits per heavy atom. The van der Waals surface area contributed by atoms with Gasteiger partial charge in [-0.05, 0) is 55.3 Å². The van der Waals surface area contributed by atoms with E-state index in [1.165, 1.54) is 0 Å². The maximum Gasteiger partial charge on any atom is 0.257 e. The number of nitrogen functional groups attached to an aromatic ring is 1. The van der Waals surface area contributed by atoms with Gasteiger partial charge in [0.05, 0.1) is 22.0 Å². The van der Waals surface area contributed by atoms with Crippen LogP contribution in [0.25, 0.3) is 0 Å². The Hall–Kier alpha value is -1.52. The molecule has 0 aliphatic carbocycles. The van der Waals surface area contributed by atoms with Crippen LogP contribution < -0.4 is 11.1 Å². The Morgan fingerprint density at radius 3 is 2.50 bits per heavy atom. The molecule has 5 heteroatoms. The summed E-state index contributed by atoms with van der Waals surface area (Å²) in [5.74, 6) is -0.280. The van der Waals surface area contributed by atoms with Crippen LogP contribution in [0.15, 0.2) is 34.8 Å². The van der Waals surface area contributed by atoms with Crippen molar-refractivity contribution in [1.29, 1.82) is 0 Å². The van der Waals surface area contributed by atoms with Gasteiger partial charge in [0, 0.05) is 4.47 Å². The van der Waals surface area contributed by atoms with E-state index in [4.69, 9.17) is 17.3 Å². The molecule has 0 saturated heterocycles. The van der Waals surface area contributed by atoms with Crippen LogP contribution in [0.5, 0.6) is 0 Å². The molecule has 0 spiro atoms. The first-order valence-electron chi connectivity index (χ1n) is 6.01. The quantitative estimate of drug-likeness (QED) is 0.778. The number of carbonyl (C=O) groups is 1. The molecule has 0 aliphatic rings. The molecule has 104 valence electrons. The predicted octanol–water partition coefficient (Wildman–Crippen LogP) is 4.55. The molecule has 20 heavy (non-hydrogen) atoms. The molecule has 0 radical (unpaired) electrons. The summed E-state index contributed by atoms with van der Waals surface area (Å²) in [6.45, 7) is 3.94. The zero-order chi connectivity index (χ0) is 14.9. The normalized spacial score (nSPS) is 10.4. The fourth-order valence-corrected chi connectivity index (χ4v) is 2.57. The zero-order valence-corrected chi connectivity index (χ0v) is 13.5. The van der Waals surface area contributed by atoms with E-state index in [0.717, 1.165) is 15.6 Å². The minimum absolute atomic E-state index is 0.280. The van der Waals surface area contributed by atoms with Crippen LogP contribution >= 0.6 is 27.5 Å². The van der Waals surface area contributed by atoms with Crippen LogP contribution in [-0.4, -0.2) is 5.91 Å². The molecule has 0 heterocycles. The van der Waals surface area contributed by atoms with E-state index in [0.29, 0.717) is 22.0 Å². The molecule has 2 aromatic rings.